The largest absolute Gasteiger partial charge is 0.372 e. The molecule has 3 rings (SSSR count). The molecule has 0 atom stereocenters. The van der Waals surface area contributed by atoms with Crippen LogP contribution < -0.4 is 10.2 Å². The van der Waals surface area contributed by atoms with E-state index in [1.54, 1.807) is 18.2 Å². The molecule has 1 fully saturated rings. The van der Waals surface area contributed by atoms with Gasteiger partial charge in [-0.15, -0.1) is 0 Å². The van der Waals surface area contributed by atoms with E-state index in [1.807, 2.05) is 30.3 Å². The normalized spacial score (nSPS) is 14.8. The van der Waals surface area contributed by atoms with Crippen molar-refractivity contribution in [3.63, 3.8) is 0 Å². The zero-order valence-electron chi connectivity index (χ0n) is 15.0. The van der Waals surface area contributed by atoms with Crippen molar-refractivity contribution in [2.75, 3.05) is 29.1 Å². The SMILES string of the molecule is O=C(CS(=O)(=O)Cc1cccc(Br)c1)Nc1ccc(N2CCCCC2)cc1. The zero-order valence-corrected chi connectivity index (χ0v) is 17.4. The van der Waals surface area contributed by atoms with E-state index in [1.165, 1.54) is 19.3 Å². The number of hydrogen-bond donors (Lipinski definition) is 1. The Bertz CT molecular complexity index is 892. The summed E-state index contributed by atoms with van der Waals surface area (Å²) in [5, 5.41) is 2.68. The Morgan fingerprint density at radius 3 is 2.41 bits per heavy atom. The molecular weight excluding hydrogens is 428 g/mol. The second-order valence-electron chi connectivity index (χ2n) is 6.80. The van der Waals surface area contributed by atoms with Crippen LogP contribution in [0.4, 0.5) is 11.4 Å². The van der Waals surface area contributed by atoms with E-state index >= 15 is 0 Å². The average Bonchev–Trinajstić information content (AvgIpc) is 2.62. The van der Waals surface area contributed by atoms with E-state index in [0.717, 1.165) is 23.2 Å². The monoisotopic (exact) mass is 450 g/mol. The van der Waals surface area contributed by atoms with E-state index in [-0.39, 0.29) is 5.75 Å². The van der Waals surface area contributed by atoms with Gasteiger partial charge in [-0.25, -0.2) is 8.42 Å². The number of hydrogen-bond acceptors (Lipinski definition) is 4. The van der Waals surface area contributed by atoms with Crippen molar-refractivity contribution in [2.45, 2.75) is 25.0 Å². The fourth-order valence-electron chi connectivity index (χ4n) is 3.24. The van der Waals surface area contributed by atoms with E-state index in [0.29, 0.717) is 11.3 Å². The first-order valence-corrected chi connectivity index (χ1v) is 11.6. The van der Waals surface area contributed by atoms with Crippen molar-refractivity contribution >= 4 is 43.0 Å². The minimum absolute atomic E-state index is 0.159. The highest BCUT2D eigenvalue weighted by atomic mass is 79.9. The maximum atomic E-state index is 12.3. The number of nitrogens with one attached hydrogen (secondary N) is 1. The molecule has 1 amide bonds. The van der Waals surface area contributed by atoms with Gasteiger partial charge in [-0.2, -0.15) is 0 Å². The lowest BCUT2D eigenvalue weighted by atomic mass is 10.1. The summed E-state index contributed by atoms with van der Waals surface area (Å²) >= 11 is 3.32. The maximum absolute atomic E-state index is 12.3. The Morgan fingerprint density at radius 2 is 1.74 bits per heavy atom. The van der Waals surface area contributed by atoms with Crippen LogP contribution in [0.15, 0.2) is 53.0 Å². The van der Waals surface area contributed by atoms with Crippen LogP contribution in [0.3, 0.4) is 0 Å². The standard InChI is InChI=1S/C20H23BrN2O3S/c21-17-6-4-5-16(13-17)14-27(25,26)15-20(24)22-18-7-9-19(10-8-18)23-11-2-1-3-12-23/h4-10,13H,1-3,11-12,14-15H2,(H,22,24). The third-order valence-electron chi connectivity index (χ3n) is 4.50. The fourth-order valence-corrected chi connectivity index (χ4v) is 4.94. The summed E-state index contributed by atoms with van der Waals surface area (Å²) < 4.78 is 25.4. The van der Waals surface area contributed by atoms with Gasteiger partial charge in [0.05, 0.1) is 5.75 Å². The minimum atomic E-state index is -3.54. The van der Waals surface area contributed by atoms with Crippen LogP contribution in [0.2, 0.25) is 0 Å². The molecule has 144 valence electrons. The van der Waals surface area contributed by atoms with Gasteiger partial charge >= 0.3 is 0 Å². The number of carbonyl (C=O) groups excluding carboxylic acids is 1. The molecule has 0 bridgehead atoms. The summed E-state index contributed by atoms with van der Waals surface area (Å²) in [5.41, 5.74) is 2.40. The lowest BCUT2D eigenvalue weighted by molar-refractivity contribution is -0.113. The van der Waals surface area contributed by atoms with Gasteiger partial charge in [-0.3, -0.25) is 4.79 Å². The number of carbonyl (C=O) groups is 1. The first-order valence-electron chi connectivity index (χ1n) is 9.01. The van der Waals surface area contributed by atoms with Gasteiger partial charge in [0, 0.05) is 28.9 Å². The molecule has 1 N–H and O–H groups in total. The number of anilines is 2. The number of nitrogens with zero attached hydrogens (tertiary/aromatic N) is 1. The molecule has 1 aliphatic rings. The van der Waals surface area contributed by atoms with E-state index in [2.05, 4.69) is 26.1 Å². The van der Waals surface area contributed by atoms with E-state index < -0.39 is 21.5 Å². The maximum Gasteiger partial charge on any atom is 0.239 e. The smallest absolute Gasteiger partial charge is 0.239 e. The highest BCUT2D eigenvalue weighted by Crippen LogP contribution is 2.22. The van der Waals surface area contributed by atoms with Crippen molar-refractivity contribution in [3.05, 3.63) is 58.6 Å². The molecule has 0 aromatic heterocycles. The second kappa shape index (κ2) is 8.89. The molecular formula is C20H23BrN2O3S. The van der Waals surface area contributed by atoms with Gasteiger partial charge in [-0.05, 0) is 61.2 Å². The second-order valence-corrected chi connectivity index (χ2v) is 9.79. The van der Waals surface area contributed by atoms with Gasteiger partial charge in [0.2, 0.25) is 5.91 Å². The van der Waals surface area contributed by atoms with Crippen LogP contribution >= 0.6 is 15.9 Å². The van der Waals surface area contributed by atoms with Crippen LogP contribution in [-0.2, 0) is 20.4 Å². The molecule has 0 saturated carbocycles. The number of benzene rings is 2. The summed E-state index contributed by atoms with van der Waals surface area (Å²) in [4.78, 5) is 14.5. The average molecular weight is 451 g/mol. The van der Waals surface area contributed by atoms with Crippen molar-refractivity contribution in [1.82, 2.24) is 0 Å². The predicted octanol–water partition coefficient (Wildman–Crippen LogP) is 3.99. The Kier molecular flexibility index (Phi) is 6.55. The Hall–Kier alpha value is -1.86. The molecule has 5 nitrogen and oxygen atoms in total. The summed E-state index contributed by atoms with van der Waals surface area (Å²) in [6, 6.07) is 14.7. The molecule has 2 aromatic rings. The van der Waals surface area contributed by atoms with Gasteiger partial charge in [0.25, 0.3) is 0 Å². The highest BCUT2D eigenvalue weighted by molar-refractivity contribution is 9.10. The van der Waals surface area contributed by atoms with E-state index in [4.69, 9.17) is 0 Å². The van der Waals surface area contributed by atoms with Crippen molar-refractivity contribution in [2.24, 2.45) is 0 Å². The molecule has 1 saturated heterocycles. The molecule has 0 spiro atoms. The molecule has 0 radical (unpaired) electrons. The molecule has 0 aliphatic carbocycles. The lowest BCUT2D eigenvalue weighted by Crippen LogP contribution is -2.29. The van der Waals surface area contributed by atoms with Crippen LogP contribution in [0.1, 0.15) is 24.8 Å². The molecule has 0 unspecified atom stereocenters. The highest BCUT2D eigenvalue weighted by Gasteiger charge is 2.18. The number of rotatable bonds is 6. The lowest BCUT2D eigenvalue weighted by Gasteiger charge is -2.28. The molecule has 1 heterocycles. The number of halogens is 1. The van der Waals surface area contributed by atoms with Crippen LogP contribution in [0, 0.1) is 0 Å². The summed E-state index contributed by atoms with van der Waals surface area (Å²) in [6.07, 6.45) is 3.68. The molecule has 7 heteroatoms. The first-order chi connectivity index (χ1) is 12.9. The summed E-state index contributed by atoms with van der Waals surface area (Å²) in [6.45, 7) is 2.11. The Morgan fingerprint density at radius 1 is 1.04 bits per heavy atom. The molecule has 1 aliphatic heterocycles. The minimum Gasteiger partial charge on any atom is -0.372 e. The predicted molar refractivity (Wildman–Crippen MR) is 113 cm³/mol. The van der Waals surface area contributed by atoms with Crippen molar-refractivity contribution < 1.29 is 13.2 Å². The molecule has 27 heavy (non-hydrogen) atoms. The first kappa shape index (κ1) is 19.9. The van der Waals surface area contributed by atoms with Gasteiger partial charge in [0.15, 0.2) is 9.84 Å². The number of piperidine rings is 1. The van der Waals surface area contributed by atoms with Crippen LogP contribution in [0.25, 0.3) is 0 Å². The molecule has 2 aromatic carbocycles. The summed E-state index contributed by atoms with van der Waals surface area (Å²) in [7, 11) is -3.54. The third kappa shape index (κ3) is 6.07. The number of amides is 1. The fraction of sp³-hybridized carbons (Fsp3) is 0.350. The van der Waals surface area contributed by atoms with E-state index in [9.17, 15) is 13.2 Å². The van der Waals surface area contributed by atoms with Crippen LogP contribution in [0.5, 0.6) is 0 Å². The Balaban J connectivity index is 1.56. The van der Waals surface area contributed by atoms with Crippen molar-refractivity contribution in [3.8, 4) is 0 Å². The van der Waals surface area contributed by atoms with Crippen LogP contribution in [-0.4, -0.2) is 33.2 Å². The third-order valence-corrected chi connectivity index (χ3v) is 6.47. The Labute approximate surface area is 168 Å². The van der Waals surface area contributed by atoms with Gasteiger partial charge in [-0.1, -0.05) is 28.1 Å². The quantitative estimate of drug-likeness (QED) is 0.722. The summed E-state index contributed by atoms with van der Waals surface area (Å²) in [5.74, 6) is -1.21. The van der Waals surface area contributed by atoms with Gasteiger partial charge < -0.3 is 10.2 Å². The zero-order chi connectivity index (χ0) is 19.3. The topological polar surface area (TPSA) is 66.5 Å². The van der Waals surface area contributed by atoms with Gasteiger partial charge in [0.1, 0.15) is 5.75 Å². The van der Waals surface area contributed by atoms with Crippen molar-refractivity contribution in [1.29, 1.82) is 0 Å². The number of sulfone groups is 1.